The van der Waals surface area contributed by atoms with Gasteiger partial charge < -0.3 is 5.32 Å². The molecule has 1 aliphatic heterocycles. The Kier molecular flexibility index (Phi) is 3.71. The van der Waals surface area contributed by atoms with Gasteiger partial charge in [-0.3, -0.25) is 4.68 Å². The van der Waals surface area contributed by atoms with Crippen molar-refractivity contribution in [1.82, 2.24) is 15.1 Å². The number of nitrogens with one attached hydrogen (secondary N) is 1. The van der Waals surface area contributed by atoms with E-state index < -0.39 is 0 Å². The van der Waals surface area contributed by atoms with Gasteiger partial charge in [-0.1, -0.05) is 29.3 Å². The minimum atomic E-state index is 0.221. The van der Waals surface area contributed by atoms with Crippen LogP contribution in [0.4, 0.5) is 0 Å². The van der Waals surface area contributed by atoms with Crippen LogP contribution < -0.4 is 5.32 Å². The number of rotatable bonds is 3. The van der Waals surface area contributed by atoms with Gasteiger partial charge in [-0.25, -0.2) is 0 Å². The first kappa shape index (κ1) is 16.2. The highest BCUT2D eigenvalue weighted by atomic mass is 35.5. The number of piperidine rings is 1. The summed E-state index contributed by atoms with van der Waals surface area (Å²) in [6, 6.07) is 6.21. The highest BCUT2D eigenvalue weighted by molar-refractivity contribution is 6.42. The van der Waals surface area contributed by atoms with Crippen molar-refractivity contribution in [1.29, 1.82) is 0 Å². The normalized spacial score (nSPS) is 30.6. The molecule has 2 unspecified atom stereocenters. The van der Waals surface area contributed by atoms with E-state index in [0.29, 0.717) is 10.0 Å². The monoisotopic (exact) mass is 375 g/mol. The second-order valence-corrected chi connectivity index (χ2v) is 8.91. The van der Waals surface area contributed by atoms with Gasteiger partial charge in [0.1, 0.15) is 0 Å². The van der Waals surface area contributed by atoms with E-state index >= 15 is 0 Å². The van der Waals surface area contributed by atoms with Crippen molar-refractivity contribution in [2.24, 2.45) is 5.41 Å². The third-order valence-electron chi connectivity index (χ3n) is 6.69. The minimum Gasteiger partial charge on any atom is -0.316 e. The van der Waals surface area contributed by atoms with Gasteiger partial charge in [0.2, 0.25) is 0 Å². The zero-order valence-corrected chi connectivity index (χ0v) is 15.8. The molecule has 132 valence electrons. The van der Waals surface area contributed by atoms with Crippen LogP contribution in [0, 0.1) is 5.41 Å². The molecule has 5 heteroatoms. The largest absolute Gasteiger partial charge is 0.316 e. The van der Waals surface area contributed by atoms with Crippen LogP contribution in [0.15, 0.2) is 24.4 Å². The van der Waals surface area contributed by atoms with Crippen LogP contribution in [0.25, 0.3) is 0 Å². The van der Waals surface area contributed by atoms with E-state index in [1.54, 1.807) is 0 Å². The summed E-state index contributed by atoms with van der Waals surface area (Å²) in [5.41, 5.74) is 4.61. The van der Waals surface area contributed by atoms with Gasteiger partial charge in [-0.05, 0) is 68.3 Å². The molecule has 1 N–H and O–H groups in total. The average Bonchev–Trinajstić information content (AvgIpc) is 3.12. The summed E-state index contributed by atoms with van der Waals surface area (Å²) in [5.74, 6) is 0. The molecule has 5 rings (SSSR count). The van der Waals surface area contributed by atoms with E-state index in [9.17, 15) is 0 Å². The van der Waals surface area contributed by atoms with Crippen molar-refractivity contribution in [2.45, 2.75) is 50.5 Å². The van der Waals surface area contributed by atoms with Gasteiger partial charge >= 0.3 is 0 Å². The maximum atomic E-state index is 6.32. The Morgan fingerprint density at radius 2 is 2.04 bits per heavy atom. The number of aryl methyl sites for hydroxylation is 2. The summed E-state index contributed by atoms with van der Waals surface area (Å²) in [6.45, 7) is 3.11. The van der Waals surface area contributed by atoms with Crippen LogP contribution in [0.1, 0.15) is 42.5 Å². The van der Waals surface area contributed by atoms with Crippen molar-refractivity contribution in [3.63, 3.8) is 0 Å². The Morgan fingerprint density at radius 1 is 1.16 bits per heavy atom. The maximum Gasteiger partial charge on any atom is 0.0656 e. The van der Waals surface area contributed by atoms with Gasteiger partial charge in [0.25, 0.3) is 0 Å². The van der Waals surface area contributed by atoms with Crippen molar-refractivity contribution in [3.8, 4) is 0 Å². The smallest absolute Gasteiger partial charge is 0.0656 e. The molecule has 0 amide bonds. The number of fused-ring (bicyclic) bond motifs is 2. The first-order valence-corrected chi connectivity index (χ1v) is 10.1. The zero-order valence-electron chi connectivity index (χ0n) is 14.3. The summed E-state index contributed by atoms with van der Waals surface area (Å²) in [5, 5.41) is 9.84. The van der Waals surface area contributed by atoms with Crippen molar-refractivity contribution in [2.75, 3.05) is 13.1 Å². The highest BCUT2D eigenvalue weighted by Crippen LogP contribution is 2.68. The van der Waals surface area contributed by atoms with Gasteiger partial charge in [0.05, 0.1) is 15.7 Å². The molecule has 0 spiro atoms. The molecule has 3 nitrogen and oxygen atoms in total. The molecule has 2 fully saturated rings. The summed E-state index contributed by atoms with van der Waals surface area (Å²) < 4.78 is 2.22. The fraction of sp³-hybridized carbons (Fsp3) is 0.550. The molecule has 1 aromatic heterocycles. The number of halogens is 2. The summed E-state index contributed by atoms with van der Waals surface area (Å²) in [6.07, 6.45) is 9.59. The molecule has 1 saturated heterocycles. The van der Waals surface area contributed by atoms with Crippen LogP contribution in [-0.4, -0.2) is 22.9 Å². The number of benzene rings is 1. The molecule has 3 aliphatic rings. The average molecular weight is 376 g/mol. The lowest BCUT2D eigenvalue weighted by Gasteiger charge is -2.32. The van der Waals surface area contributed by atoms with Crippen molar-refractivity contribution in [3.05, 3.63) is 51.3 Å². The van der Waals surface area contributed by atoms with E-state index in [4.69, 9.17) is 28.3 Å². The maximum absolute atomic E-state index is 6.32. The molecule has 2 heterocycles. The highest BCUT2D eigenvalue weighted by Gasteiger charge is 2.68. The Bertz CT molecular complexity index is 807. The molecule has 0 bridgehead atoms. The molecule has 0 radical (unpaired) electrons. The van der Waals surface area contributed by atoms with Crippen LogP contribution in [0.5, 0.6) is 0 Å². The number of aromatic nitrogens is 2. The standard InChI is InChI=1S/C20H23Cl2N3/c21-16-6-5-15(9-17(16)22)20-7-8-23-12-19(20,11-20)13-25-10-14-3-1-2-4-18(14)24-25/h5-6,9-10,23H,1-4,7-8,11-13H2. The van der Waals surface area contributed by atoms with Crippen LogP contribution in [-0.2, 0) is 24.8 Å². The van der Waals surface area contributed by atoms with E-state index in [2.05, 4.69) is 28.3 Å². The van der Waals surface area contributed by atoms with Gasteiger partial charge in [-0.2, -0.15) is 5.10 Å². The Hall–Kier alpha value is -1.03. The molecule has 1 saturated carbocycles. The predicted molar refractivity (Wildman–Crippen MR) is 102 cm³/mol. The van der Waals surface area contributed by atoms with E-state index in [0.717, 1.165) is 32.5 Å². The van der Waals surface area contributed by atoms with Crippen molar-refractivity contribution >= 4 is 23.2 Å². The number of hydrogen-bond acceptors (Lipinski definition) is 2. The zero-order chi connectivity index (χ0) is 17.1. The molecule has 25 heavy (non-hydrogen) atoms. The molecular formula is C20H23Cl2N3. The third kappa shape index (κ3) is 2.47. The predicted octanol–water partition coefficient (Wildman–Crippen LogP) is 4.39. The lowest BCUT2D eigenvalue weighted by molar-refractivity contribution is 0.275. The van der Waals surface area contributed by atoms with E-state index in [1.807, 2.05) is 6.07 Å². The summed E-state index contributed by atoms with van der Waals surface area (Å²) in [4.78, 5) is 0. The first-order valence-electron chi connectivity index (χ1n) is 9.33. The molecular weight excluding hydrogens is 353 g/mol. The quantitative estimate of drug-likeness (QED) is 0.861. The fourth-order valence-corrected chi connectivity index (χ4v) is 5.58. The molecule has 1 aromatic carbocycles. The van der Waals surface area contributed by atoms with Crippen molar-refractivity contribution < 1.29 is 0 Å². The lowest BCUT2D eigenvalue weighted by Crippen LogP contribution is -2.40. The van der Waals surface area contributed by atoms with Gasteiger partial charge in [0, 0.05) is 30.1 Å². The summed E-state index contributed by atoms with van der Waals surface area (Å²) in [7, 11) is 0. The van der Waals surface area contributed by atoms with E-state index in [-0.39, 0.29) is 10.8 Å². The topological polar surface area (TPSA) is 29.9 Å². The fourth-order valence-electron chi connectivity index (χ4n) is 5.28. The van der Waals surface area contributed by atoms with Crippen LogP contribution in [0.2, 0.25) is 10.0 Å². The minimum absolute atomic E-state index is 0.221. The third-order valence-corrected chi connectivity index (χ3v) is 7.43. The molecule has 2 aromatic rings. The number of nitrogens with zero attached hydrogens (tertiary/aromatic N) is 2. The second-order valence-electron chi connectivity index (χ2n) is 8.10. The SMILES string of the molecule is Clc1ccc(C23CCNCC2(Cn2cc4c(n2)CCCC4)C3)cc1Cl. The van der Waals surface area contributed by atoms with Gasteiger partial charge in [0.15, 0.2) is 0 Å². The summed E-state index contributed by atoms with van der Waals surface area (Å²) >= 11 is 12.5. The Balaban J connectivity index is 1.47. The molecule has 2 aliphatic carbocycles. The first-order chi connectivity index (χ1) is 12.1. The van der Waals surface area contributed by atoms with Crippen LogP contribution in [0.3, 0.4) is 0 Å². The second kappa shape index (κ2) is 5.73. The van der Waals surface area contributed by atoms with Crippen LogP contribution >= 0.6 is 23.2 Å². The Labute approximate surface area is 158 Å². The van der Waals surface area contributed by atoms with Gasteiger partial charge in [-0.15, -0.1) is 0 Å². The molecule has 2 atom stereocenters. The Morgan fingerprint density at radius 3 is 2.88 bits per heavy atom. The van der Waals surface area contributed by atoms with E-state index in [1.165, 1.54) is 42.5 Å². The number of hydrogen-bond donors (Lipinski definition) is 1. The lowest BCUT2D eigenvalue weighted by atomic mass is 9.81.